The van der Waals surface area contributed by atoms with E-state index >= 15 is 0 Å². The van der Waals surface area contributed by atoms with E-state index in [1.165, 1.54) is 12.3 Å². The largest absolute Gasteiger partial charge is 0.279 e. The molecule has 0 radical (unpaired) electrons. The predicted molar refractivity (Wildman–Crippen MR) is 73.8 cm³/mol. The lowest BCUT2D eigenvalue weighted by Gasteiger charge is -2.09. The maximum atomic E-state index is 12.1. The number of benzene rings is 1. The molecule has 0 aliphatic rings. The molecule has 98 valence electrons. The number of anilines is 1. The van der Waals surface area contributed by atoms with Crippen molar-refractivity contribution in [2.45, 2.75) is 11.1 Å². The van der Waals surface area contributed by atoms with Crippen molar-refractivity contribution < 1.29 is 8.42 Å². The van der Waals surface area contributed by atoms with Crippen LogP contribution >= 0.6 is 22.9 Å². The number of rotatable bonds is 3. The van der Waals surface area contributed by atoms with E-state index in [2.05, 4.69) is 9.71 Å². The maximum Gasteiger partial charge on any atom is 0.273 e. The second-order valence-corrected chi connectivity index (χ2v) is 7.20. The van der Waals surface area contributed by atoms with Crippen molar-refractivity contribution in [1.82, 2.24) is 4.98 Å². The van der Waals surface area contributed by atoms with Crippen molar-refractivity contribution in [2.24, 2.45) is 0 Å². The third kappa shape index (κ3) is 3.04. The summed E-state index contributed by atoms with van der Waals surface area (Å²) < 4.78 is 26.8. The van der Waals surface area contributed by atoms with Crippen LogP contribution in [0.15, 0.2) is 28.6 Å². The van der Waals surface area contributed by atoms with Crippen LogP contribution in [0, 0.1) is 18.3 Å². The van der Waals surface area contributed by atoms with E-state index in [-0.39, 0.29) is 8.68 Å². The van der Waals surface area contributed by atoms with Crippen molar-refractivity contribution in [3.8, 4) is 6.07 Å². The Balaban J connectivity index is 2.38. The molecule has 2 rings (SSSR count). The SMILES string of the molecule is Cc1ccc(C#N)cc1NS(=O)(=O)c1cnc(Cl)s1. The van der Waals surface area contributed by atoms with Crippen LogP contribution in [-0.2, 0) is 10.0 Å². The van der Waals surface area contributed by atoms with Gasteiger partial charge in [-0.2, -0.15) is 5.26 Å². The Labute approximate surface area is 119 Å². The molecule has 0 saturated carbocycles. The lowest BCUT2D eigenvalue weighted by molar-refractivity contribution is 0.603. The highest BCUT2D eigenvalue weighted by Crippen LogP contribution is 2.26. The van der Waals surface area contributed by atoms with Gasteiger partial charge in [0.2, 0.25) is 0 Å². The average Bonchev–Trinajstić information content (AvgIpc) is 2.79. The third-order valence-electron chi connectivity index (χ3n) is 2.33. The predicted octanol–water partition coefficient (Wildman–Crippen LogP) is 2.78. The molecule has 0 unspecified atom stereocenters. The molecule has 0 bridgehead atoms. The van der Waals surface area contributed by atoms with Crippen LogP contribution in [0.5, 0.6) is 0 Å². The van der Waals surface area contributed by atoms with Gasteiger partial charge in [-0.05, 0) is 24.6 Å². The number of hydrogen-bond donors (Lipinski definition) is 1. The molecule has 1 N–H and O–H groups in total. The van der Waals surface area contributed by atoms with E-state index < -0.39 is 10.0 Å². The Morgan fingerprint density at radius 2 is 2.21 bits per heavy atom. The van der Waals surface area contributed by atoms with Crippen LogP contribution in [0.4, 0.5) is 5.69 Å². The van der Waals surface area contributed by atoms with Crippen molar-refractivity contribution in [3.05, 3.63) is 40.0 Å². The minimum atomic E-state index is -3.73. The van der Waals surface area contributed by atoms with Crippen molar-refractivity contribution in [3.63, 3.8) is 0 Å². The summed E-state index contributed by atoms with van der Waals surface area (Å²) >= 11 is 6.49. The molecule has 0 spiro atoms. The number of sulfonamides is 1. The monoisotopic (exact) mass is 313 g/mol. The maximum absolute atomic E-state index is 12.1. The minimum absolute atomic E-state index is 0.0271. The fraction of sp³-hybridized carbons (Fsp3) is 0.0909. The first-order chi connectivity index (χ1) is 8.92. The first-order valence-electron chi connectivity index (χ1n) is 5.07. The van der Waals surface area contributed by atoms with E-state index in [1.807, 2.05) is 6.07 Å². The minimum Gasteiger partial charge on any atom is -0.279 e. The normalized spacial score (nSPS) is 11.0. The number of halogens is 1. The molecule has 0 saturated heterocycles. The van der Waals surface area contributed by atoms with Crippen LogP contribution in [0.1, 0.15) is 11.1 Å². The Morgan fingerprint density at radius 3 is 2.79 bits per heavy atom. The van der Waals surface area contributed by atoms with Crippen LogP contribution in [0.3, 0.4) is 0 Å². The molecule has 0 aliphatic heterocycles. The molecule has 2 aromatic rings. The summed E-state index contributed by atoms with van der Waals surface area (Å²) in [4.78, 5) is 3.69. The van der Waals surface area contributed by atoms with E-state index in [0.29, 0.717) is 11.3 Å². The molecular formula is C11H8ClN3O2S2. The molecule has 0 aliphatic carbocycles. The number of thiazole rings is 1. The lowest BCUT2D eigenvalue weighted by Crippen LogP contribution is -2.12. The van der Waals surface area contributed by atoms with Gasteiger partial charge < -0.3 is 0 Å². The summed E-state index contributed by atoms with van der Waals surface area (Å²) in [5.74, 6) is 0. The van der Waals surface area contributed by atoms with E-state index in [1.54, 1.807) is 19.1 Å². The van der Waals surface area contributed by atoms with Crippen molar-refractivity contribution in [2.75, 3.05) is 4.72 Å². The first-order valence-corrected chi connectivity index (χ1v) is 7.75. The zero-order valence-corrected chi connectivity index (χ0v) is 12.1. The highest BCUT2D eigenvalue weighted by molar-refractivity contribution is 7.94. The molecule has 8 heteroatoms. The molecule has 0 atom stereocenters. The van der Waals surface area contributed by atoms with Gasteiger partial charge >= 0.3 is 0 Å². The highest BCUT2D eigenvalue weighted by Gasteiger charge is 2.18. The number of nitrogens with one attached hydrogen (secondary N) is 1. The second kappa shape index (κ2) is 5.17. The first kappa shape index (κ1) is 13.8. The Hall–Kier alpha value is -1.62. The van der Waals surface area contributed by atoms with Crippen LogP contribution in [-0.4, -0.2) is 13.4 Å². The Kier molecular flexibility index (Phi) is 3.75. The zero-order chi connectivity index (χ0) is 14.0. The van der Waals surface area contributed by atoms with E-state index in [4.69, 9.17) is 16.9 Å². The van der Waals surface area contributed by atoms with Crippen molar-refractivity contribution in [1.29, 1.82) is 5.26 Å². The van der Waals surface area contributed by atoms with Crippen LogP contribution in [0.2, 0.25) is 4.47 Å². The van der Waals surface area contributed by atoms with Gasteiger partial charge in [0.15, 0.2) is 8.68 Å². The fourth-order valence-electron chi connectivity index (χ4n) is 1.36. The van der Waals surface area contributed by atoms with Gasteiger partial charge in [-0.15, -0.1) is 0 Å². The van der Waals surface area contributed by atoms with Gasteiger partial charge in [0.05, 0.1) is 23.5 Å². The molecule has 1 aromatic carbocycles. The van der Waals surface area contributed by atoms with Gasteiger partial charge in [0.1, 0.15) is 0 Å². The number of aromatic nitrogens is 1. The van der Waals surface area contributed by atoms with Crippen molar-refractivity contribution >= 4 is 38.6 Å². The van der Waals surface area contributed by atoms with E-state index in [9.17, 15) is 8.42 Å². The van der Waals surface area contributed by atoms with Crippen LogP contribution < -0.4 is 4.72 Å². The summed E-state index contributed by atoms with van der Waals surface area (Å²) in [5.41, 5.74) is 1.47. The summed E-state index contributed by atoms with van der Waals surface area (Å²) in [7, 11) is -3.73. The second-order valence-electron chi connectivity index (χ2n) is 3.68. The molecule has 1 aromatic heterocycles. The number of nitrogens with zero attached hydrogens (tertiary/aromatic N) is 2. The number of hydrogen-bond acceptors (Lipinski definition) is 5. The van der Waals surface area contributed by atoms with E-state index in [0.717, 1.165) is 16.9 Å². The molecule has 0 fully saturated rings. The quantitative estimate of drug-likeness (QED) is 0.944. The molecule has 0 amide bonds. The standard InChI is InChI=1S/C11H8ClN3O2S2/c1-7-2-3-8(5-13)4-9(7)15-19(16,17)10-6-14-11(12)18-10/h2-4,6,15H,1H3. The molecular weight excluding hydrogens is 306 g/mol. The number of aryl methyl sites for hydroxylation is 1. The van der Waals surface area contributed by atoms with Gasteiger partial charge in [-0.25, -0.2) is 13.4 Å². The van der Waals surface area contributed by atoms with Gasteiger partial charge in [-0.1, -0.05) is 29.0 Å². The van der Waals surface area contributed by atoms with Crippen LogP contribution in [0.25, 0.3) is 0 Å². The molecule has 5 nitrogen and oxygen atoms in total. The third-order valence-corrected chi connectivity index (χ3v) is 5.27. The lowest BCUT2D eigenvalue weighted by atomic mass is 10.1. The molecule has 1 heterocycles. The van der Waals surface area contributed by atoms with Gasteiger partial charge in [0.25, 0.3) is 10.0 Å². The topological polar surface area (TPSA) is 82.9 Å². The highest BCUT2D eigenvalue weighted by atomic mass is 35.5. The number of nitriles is 1. The Bertz CT molecular complexity index is 762. The Morgan fingerprint density at radius 1 is 1.47 bits per heavy atom. The van der Waals surface area contributed by atoms with Gasteiger partial charge in [0, 0.05) is 0 Å². The summed E-state index contributed by atoms with van der Waals surface area (Å²) in [6, 6.07) is 6.74. The summed E-state index contributed by atoms with van der Waals surface area (Å²) in [6.07, 6.45) is 1.19. The fourth-order valence-corrected chi connectivity index (χ4v) is 3.77. The smallest absolute Gasteiger partial charge is 0.273 e. The molecule has 19 heavy (non-hydrogen) atoms. The zero-order valence-electron chi connectivity index (χ0n) is 9.71. The average molecular weight is 314 g/mol. The summed E-state index contributed by atoms with van der Waals surface area (Å²) in [5, 5.41) is 8.82. The van der Waals surface area contributed by atoms with Gasteiger partial charge in [-0.3, -0.25) is 4.72 Å². The summed E-state index contributed by atoms with van der Waals surface area (Å²) in [6.45, 7) is 1.75.